The number of amidine groups is 1. The largest absolute Gasteiger partial charge is 0.417 e. The molecule has 0 amide bonds. The summed E-state index contributed by atoms with van der Waals surface area (Å²) in [5, 5.41) is 15.7. The highest BCUT2D eigenvalue weighted by Crippen LogP contribution is 2.48. The fraction of sp³-hybridized carbons (Fsp3) is 0.444. The molecule has 1 fully saturated rings. The monoisotopic (exact) mass is 549 g/mol. The van der Waals surface area contributed by atoms with E-state index in [1.165, 1.54) is 36.0 Å². The molecule has 0 spiro atoms. The van der Waals surface area contributed by atoms with Crippen LogP contribution in [0, 0.1) is 11.2 Å². The van der Waals surface area contributed by atoms with Crippen LogP contribution in [0.25, 0.3) is 11.1 Å². The summed E-state index contributed by atoms with van der Waals surface area (Å²) in [5.41, 5.74) is 1.04. The summed E-state index contributed by atoms with van der Waals surface area (Å²) in [6, 6.07) is 6.33. The van der Waals surface area contributed by atoms with E-state index in [-0.39, 0.29) is 29.0 Å². The summed E-state index contributed by atoms with van der Waals surface area (Å²) in [5.74, 6) is 0.0642. The topological polar surface area (TPSA) is 63.6 Å². The molecule has 0 aliphatic carbocycles. The number of nitrogens with zero attached hydrogens (tertiary/aromatic N) is 2. The third-order valence-electron chi connectivity index (χ3n) is 7.05. The van der Waals surface area contributed by atoms with Crippen molar-refractivity contribution < 1.29 is 22.3 Å². The summed E-state index contributed by atoms with van der Waals surface area (Å²) in [6.07, 6.45) is -2.91. The Morgan fingerprint density at radius 2 is 1.87 bits per heavy atom. The highest BCUT2D eigenvalue weighted by molar-refractivity contribution is 7.99. The molecule has 3 aliphatic heterocycles. The Morgan fingerprint density at radius 1 is 1.16 bits per heavy atom. The summed E-state index contributed by atoms with van der Waals surface area (Å²) in [4.78, 5) is 4.43. The quantitative estimate of drug-likeness (QED) is 0.278. The molecule has 3 aliphatic rings. The lowest BCUT2D eigenvalue weighted by molar-refractivity contribution is -0.137. The third-order valence-corrected chi connectivity index (χ3v) is 8.30. The first-order chi connectivity index (χ1) is 18.1. The van der Waals surface area contributed by atoms with Crippen LogP contribution in [0.5, 0.6) is 0 Å². The molecular formula is C27H31F4N5OS. The minimum Gasteiger partial charge on any atom is -0.383 e. The van der Waals surface area contributed by atoms with E-state index in [2.05, 4.69) is 15.5 Å². The summed E-state index contributed by atoms with van der Waals surface area (Å²) in [7, 11) is 0. The van der Waals surface area contributed by atoms with Crippen molar-refractivity contribution in [1.82, 2.24) is 15.1 Å². The number of morpholine rings is 1. The second kappa shape index (κ2) is 10.8. The molecule has 204 valence electrons. The van der Waals surface area contributed by atoms with Gasteiger partial charge in [-0.3, -0.25) is 10.3 Å². The second-order valence-electron chi connectivity index (χ2n) is 9.91. The first-order valence-corrected chi connectivity index (χ1v) is 13.6. The van der Waals surface area contributed by atoms with E-state index in [1.807, 2.05) is 13.8 Å². The zero-order chi connectivity index (χ0) is 27.0. The van der Waals surface area contributed by atoms with E-state index < -0.39 is 17.6 Å². The SMILES string of the molecule is CC1=CN(C(=N)c2cc(C(F)(F)F)c(-c3ccc(F)cc3)c3c2NC[C@H](N2CCOCC2)CS3)C[C@H](C)N1. The van der Waals surface area contributed by atoms with Crippen LogP contribution < -0.4 is 10.6 Å². The molecule has 0 radical (unpaired) electrons. The van der Waals surface area contributed by atoms with E-state index in [0.717, 1.165) is 24.9 Å². The Balaban J connectivity index is 1.66. The average molecular weight is 550 g/mol. The van der Waals surface area contributed by atoms with Crippen molar-refractivity contribution in [3.8, 4) is 11.1 Å². The molecule has 0 saturated carbocycles. The number of hydrogen-bond acceptors (Lipinski definition) is 6. The fourth-order valence-electron chi connectivity index (χ4n) is 5.29. The summed E-state index contributed by atoms with van der Waals surface area (Å²) >= 11 is 1.36. The number of benzene rings is 2. The third kappa shape index (κ3) is 5.50. The van der Waals surface area contributed by atoms with E-state index in [0.29, 0.717) is 48.2 Å². The molecule has 1 saturated heterocycles. The van der Waals surface area contributed by atoms with Crippen LogP contribution in [-0.2, 0) is 10.9 Å². The number of ether oxygens (including phenoxy) is 1. The van der Waals surface area contributed by atoms with Gasteiger partial charge in [0.15, 0.2) is 0 Å². The van der Waals surface area contributed by atoms with Crippen molar-refractivity contribution >= 4 is 23.3 Å². The Kier molecular flexibility index (Phi) is 7.61. The molecule has 6 nitrogen and oxygen atoms in total. The number of anilines is 1. The van der Waals surface area contributed by atoms with Crippen molar-refractivity contribution in [1.29, 1.82) is 5.41 Å². The van der Waals surface area contributed by atoms with E-state index in [1.54, 1.807) is 11.1 Å². The number of hydrogen-bond donors (Lipinski definition) is 3. The van der Waals surface area contributed by atoms with Crippen molar-refractivity contribution in [3.63, 3.8) is 0 Å². The minimum absolute atomic E-state index is 0.00280. The zero-order valence-corrected chi connectivity index (χ0v) is 22.1. The van der Waals surface area contributed by atoms with Gasteiger partial charge in [0.2, 0.25) is 0 Å². The normalized spacial score (nSPS) is 22.6. The van der Waals surface area contributed by atoms with E-state index in [4.69, 9.17) is 10.1 Å². The standard InChI is InChI=1S/C27H31F4N5OS/c1-16-13-36(14-17(2)34-16)26(32)21-11-22(27(29,30)31)23(18-3-5-19(28)6-4-18)25-24(21)33-12-20(15-38-25)35-7-9-37-10-8-35/h3-6,11,13,17,20,32-34H,7-10,12,14-15H2,1-2H3/t17-,20-/m0/s1. The van der Waals surface area contributed by atoms with Gasteiger partial charge in [0, 0.05) is 71.9 Å². The maximum atomic E-state index is 14.6. The maximum absolute atomic E-state index is 14.6. The lowest BCUT2D eigenvalue weighted by Gasteiger charge is -2.34. The van der Waals surface area contributed by atoms with Crippen LogP contribution in [0.3, 0.4) is 0 Å². The fourth-order valence-corrected chi connectivity index (χ4v) is 6.68. The predicted octanol–water partition coefficient (Wildman–Crippen LogP) is 5.21. The van der Waals surface area contributed by atoms with Crippen LogP contribution in [-0.4, -0.2) is 72.9 Å². The van der Waals surface area contributed by atoms with Crippen LogP contribution in [0.1, 0.15) is 25.0 Å². The van der Waals surface area contributed by atoms with Gasteiger partial charge in [0.05, 0.1) is 24.5 Å². The van der Waals surface area contributed by atoms with Crippen molar-refractivity contribution in [2.45, 2.75) is 37.0 Å². The Bertz CT molecular complexity index is 1230. The molecule has 0 bridgehead atoms. The Labute approximate surface area is 223 Å². The van der Waals surface area contributed by atoms with Gasteiger partial charge in [-0.25, -0.2) is 4.39 Å². The van der Waals surface area contributed by atoms with Gasteiger partial charge >= 0.3 is 6.18 Å². The number of rotatable bonds is 3. The molecule has 3 N–H and O–H groups in total. The van der Waals surface area contributed by atoms with Gasteiger partial charge in [-0.2, -0.15) is 13.2 Å². The lowest BCUT2D eigenvalue weighted by atomic mass is 9.94. The van der Waals surface area contributed by atoms with Crippen LogP contribution in [0.4, 0.5) is 23.2 Å². The van der Waals surface area contributed by atoms with Crippen LogP contribution in [0.15, 0.2) is 47.1 Å². The summed E-state index contributed by atoms with van der Waals surface area (Å²) < 4.78 is 63.1. The molecular weight excluding hydrogens is 518 g/mol. The highest BCUT2D eigenvalue weighted by Gasteiger charge is 2.39. The Morgan fingerprint density at radius 3 is 2.53 bits per heavy atom. The van der Waals surface area contributed by atoms with Gasteiger partial charge in [0.25, 0.3) is 0 Å². The van der Waals surface area contributed by atoms with Crippen LogP contribution in [0.2, 0.25) is 0 Å². The van der Waals surface area contributed by atoms with E-state index >= 15 is 0 Å². The molecule has 0 unspecified atom stereocenters. The predicted molar refractivity (Wildman–Crippen MR) is 142 cm³/mol. The van der Waals surface area contributed by atoms with Gasteiger partial charge in [-0.05, 0) is 37.6 Å². The smallest absolute Gasteiger partial charge is 0.383 e. The second-order valence-corrected chi connectivity index (χ2v) is 10.9. The number of thioether (sulfide) groups is 1. The van der Waals surface area contributed by atoms with E-state index in [9.17, 15) is 17.6 Å². The first kappa shape index (κ1) is 26.8. The minimum atomic E-state index is -4.67. The molecule has 3 heterocycles. The number of nitrogens with one attached hydrogen (secondary N) is 3. The van der Waals surface area contributed by atoms with Gasteiger partial charge < -0.3 is 20.3 Å². The Hall–Kier alpha value is -2.76. The zero-order valence-electron chi connectivity index (χ0n) is 21.3. The molecule has 38 heavy (non-hydrogen) atoms. The van der Waals surface area contributed by atoms with Gasteiger partial charge in [-0.1, -0.05) is 12.1 Å². The molecule has 5 rings (SSSR count). The maximum Gasteiger partial charge on any atom is 0.417 e. The molecule has 11 heteroatoms. The highest BCUT2D eigenvalue weighted by atomic mass is 32.2. The van der Waals surface area contributed by atoms with Crippen LogP contribution >= 0.6 is 11.8 Å². The molecule has 2 aromatic rings. The molecule has 2 aromatic carbocycles. The number of halogens is 4. The number of alkyl halides is 3. The average Bonchev–Trinajstić information content (AvgIpc) is 3.11. The van der Waals surface area contributed by atoms with Crippen molar-refractivity contribution in [2.24, 2.45) is 0 Å². The molecule has 2 atom stereocenters. The number of fused-ring (bicyclic) bond motifs is 1. The van der Waals surface area contributed by atoms with Gasteiger partial charge in [0.1, 0.15) is 11.7 Å². The van der Waals surface area contributed by atoms with Crippen molar-refractivity contribution in [3.05, 3.63) is 59.2 Å². The number of allylic oxidation sites excluding steroid dienone is 1. The lowest BCUT2D eigenvalue weighted by Crippen LogP contribution is -2.47. The summed E-state index contributed by atoms with van der Waals surface area (Å²) in [6.45, 7) is 7.58. The molecule has 0 aromatic heterocycles. The first-order valence-electron chi connectivity index (χ1n) is 12.6. The van der Waals surface area contributed by atoms with Gasteiger partial charge in [-0.15, -0.1) is 11.8 Å². The van der Waals surface area contributed by atoms with Crippen molar-refractivity contribution in [2.75, 3.05) is 50.5 Å².